The molecule has 1 N–H and O–H groups in total. The molecule has 112 valence electrons. The van der Waals surface area contributed by atoms with Gasteiger partial charge in [0.05, 0.1) is 17.6 Å². The largest absolute Gasteiger partial charge is 0.315 e. The highest BCUT2D eigenvalue weighted by molar-refractivity contribution is 5.35. The molecule has 1 saturated heterocycles. The lowest BCUT2D eigenvalue weighted by Crippen LogP contribution is -2.28. The number of benzene rings is 1. The molecule has 5 nitrogen and oxygen atoms in total. The molecule has 0 amide bonds. The van der Waals surface area contributed by atoms with Gasteiger partial charge < -0.3 is 5.32 Å². The van der Waals surface area contributed by atoms with Crippen LogP contribution in [0.1, 0.15) is 17.7 Å². The van der Waals surface area contributed by atoms with Gasteiger partial charge in [0, 0.05) is 19.6 Å². The quantitative estimate of drug-likeness (QED) is 0.930. The lowest BCUT2D eigenvalue weighted by Gasteiger charge is -2.19. The van der Waals surface area contributed by atoms with Crippen molar-refractivity contribution in [3.8, 4) is 5.69 Å². The summed E-state index contributed by atoms with van der Waals surface area (Å²) < 4.78 is 15.5. The Morgan fingerprint density at radius 3 is 3.05 bits per heavy atom. The molecule has 21 heavy (non-hydrogen) atoms. The van der Waals surface area contributed by atoms with E-state index in [1.807, 2.05) is 6.07 Å². The molecule has 1 aromatic heterocycles. The van der Waals surface area contributed by atoms with E-state index in [0.29, 0.717) is 5.56 Å². The number of hydrogen-bond donors (Lipinski definition) is 1. The predicted octanol–water partition coefficient (Wildman–Crippen LogP) is 1.51. The van der Waals surface area contributed by atoms with Crippen molar-refractivity contribution in [3.05, 3.63) is 41.5 Å². The fraction of sp³-hybridized carbons (Fsp3) is 0.467. The highest BCUT2D eigenvalue weighted by atomic mass is 19.1. The van der Waals surface area contributed by atoms with Crippen molar-refractivity contribution < 1.29 is 4.39 Å². The number of halogens is 1. The highest BCUT2D eigenvalue weighted by Crippen LogP contribution is 2.15. The lowest BCUT2D eigenvalue weighted by molar-refractivity contribution is 0.278. The van der Waals surface area contributed by atoms with Crippen LogP contribution >= 0.6 is 0 Å². The Kier molecular flexibility index (Phi) is 4.26. The standard InChI is InChI=1S/C15H20FN5/c1-12-3-4-13(9-15(12)16)21-14(10-18-19-21)11-20-7-2-5-17-6-8-20/h3-4,9-10,17H,2,5-8,11H2,1H3. The van der Waals surface area contributed by atoms with E-state index in [1.165, 1.54) is 6.07 Å². The molecule has 6 heteroatoms. The van der Waals surface area contributed by atoms with Gasteiger partial charge in [-0.15, -0.1) is 5.10 Å². The van der Waals surface area contributed by atoms with E-state index in [0.717, 1.165) is 50.5 Å². The summed E-state index contributed by atoms with van der Waals surface area (Å²) in [5.74, 6) is -0.215. The number of nitrogens with one attached hydrogen (secondary N) is 1. The van der Waals surface area contributed by atoms with E-state index < -0.39 is 0 Å². The van der Waals surface area contributed by atoms with Crippen LogP contribution in [-0.2, 0) is 6.54 Å². The van der Waals surface area contributed by atoms with Crippen molar-refractivity contribution >= 4 is 0 Å². The van der Waals surface area contributed by atoms with Gasteiger partial charge in [-0.3, -0.25) is 4.90 Å². The summed E-state index contributed by atoms with van der Waals surface area (Å²) in [6.07, 6.45) is 2.90. The van der Waals surface area contributed by atoms with Crippen molar-refractivity contribution in [3.63, 3.8) is 0 Å². The van der Waals surface area contributed by atoms with Gasteiger partial charge in [-0.1, -0.05) is 11.3 Å². The summed E-state index contributed by atoms with van der Waals surface area (Å²) in [7, 11) is 0. The number of hydrogen-bond acceptors (Lipinski definition) is 4. The van der Waals surface area contributed by atoms with Crippen LogP contribution in [0.3, 0.4) is 0 Å². The van der Waals surface area contributed by atoms with E-state index in [2.05, 4.69) is 20.5 Å². The van der Waals surface area contributed by atoms with Gasteiger partial charge >= 0.3 is 0 Å². The minimum Gasteiger partial charge on any atom is -0.315 e. The Labute approximate surface area is 123 Å². The molecule has 0 unspecified atom stereocenters. The average molecular weight is 289 g/mol. The van der Waals surface area contributed by atoms with E-state index in [1.54, 1.807) is 23.9 Å². The van der Waals surface area contributed by atoms with Crippen LogP contribution < -0.4 is 5.32 Å². The first-order valence-corrected chi connectivity index (χ1v) is 7.33. The SMILES string of the molecule is Cc1ccc(-n2nncc2CN2CCCNCC2)cc1F. The third kappa shape index (κ3) is 3.28. The molecule has 0 spiro atoms. The van der Waals surface area contributed by atoms with Gasteiger partial charge in [0.15, 0.2) is 0 Å². The summed E-state index contributed by atoms with van der Waals surface area (Å²) >= 11 is 0. The van der Waals surface area contributed by atoms with Crippen LogP contribution in [0.2, 0.25) is 0 Å². The minimum absolute atomic E-state index is 0.215. The van der Waals surface area contributed by atoms with Crippen molar-refractivity contribution in [1.29, 1.82) is 0 Å². The summed E-state index contributed by atoms with van der Waals surface area (Å²) in [6.45, 7) is 6.67. The first-order valence-electron chi connectivity index (χ1n) is 7.33. The molecule has 3 rings (SSSR count). The van der Waals surface area contributed by atoms with Gasteiger partial charge in [0.1, 0.15) is 5.82 Å². The summed E-state index contributed by atoms with van der Waals surface area (Å²) in [6, 6.07) is 5.16. The smallest absolute Gasteiger partial charge is 0.128 e. The normalized spacial score (nSPS) is 16.9. The van der Waals surface area contributed by atoms with Crippen LogP contribution in [0.4, 0.5) is 4.39 Å². The topological polar surface area (TPSA) is 46.0 Å². The van der Waals surface area contributed by atoms with Gasteiger partial charge in [-0.05, 0) is 44.1 Å². The Morgan fingerprint density at radius 1 is 1.29 bits per heavy atom. The van der Waals surface area contributed by atoms with Gasteiger partial charge in [-0.25, -0.2) is 9.07 Å². The zero-order valence-electron chi connectivity index (χ0n) is 12.2. The van der Waals surface area contributed by atoms with Gasteiger partial charge in [0.25, 0.3) is 0 Å². The Morgan fingerprint density at radius 2 is 2.19 bits per heavy atom. The monoisotopic (exact) mass is 289 g/mol. The molecule has 2 aromatic rings. The molecule has 0 atom stereocenters. The van der Waals surface area contributed by atoms with Crippen molar-refractivity contribution in [2.75, 3.05) is 26.2 Å². The second-order valence-electron chi connectivity index (χ2n) is 5.45. The molecule has 0 aliphatic carbocycles. The number of aromatic nitrogens is 3. The maximum atomic E-state index is 13.7. The zero-order valence-corrected chi connectivity index (χ0v) is 12.2. The van der Waals surface area contributed by atoms with Crippen LogP contribution in [-0.4, -0.2) is 46.1 Å². The Hall–Kier alpha value is -1.79. The van der Waals surface area contributed by atoms with Gasteiger partial charge in [-0.2, -0.15) is 0 Å². The van der Waals surface area contributed by atoms with Crippen molar-refractivity contribution in [2.45, 2.75) is 19.9 Å². The second-order valence-corrected chi connectivity index (χ2v) is 5.45. The third-order valence-electron chi connectivity index (χ3n) is 3.84. The molecule has 0 radical (unpaired) electrons. The lowest BCUT2D eigenvalue weighted by atomic mass is 10.2. The molecule has 1 aromatic carbocycles. The van der Waals surface area contributed by atoms with E-state index in [4.69, 9.17) is 0 Å². The second kappa shape index (κ2) is 6.32. The molecular formula is C15H20FN5. The van der Waals surface area contributed by atoms with Crippen molar-refractivity contribution in [2.24, 2.45) is 0 Å². The van der Waals surface area contributed by atoms with Crippen molar-refractivity contribution in [1.82, 2.24) is 25.2 Å². The molecule has 1 fully saturated rings. The molecule has 0 saturated carbocycles. The van der Waals surface area contributed by atoms with Crippen LogP contribution in [0.5, 0.6) is 0 Å². The predicted molar refractivity (Wildman–Crippen MR) is 78.8 cm³/mol. The molecule has 1 aliphatic rings. The average Bonchev–Trinajstić information content (AvgIpc) is 2.77. The fourth-order valence-electron chi connectivity index (χ4n) is 2.58. The summed E-state index contributed by atoms with van der Waals surface area (Å²) in [4.78, 5) is 2.37. The molecule has 1 aliphatic heterocycles. The molecule has 2 heterocycles. The van der Waals surface area contributed by atoms with Gasteiger partial charge in [0.2, 0.25) is 0 Å². The van der Waals surface area contributed by atoms with Crippen LogP contribution in [0.15, 0.2) is 24.4 Å². The highest BCUT2D eigenvalue weighted by Gasteiger charge is 2.14. The molecular weight excluding hydrogens is 269 g/mol. The first-order chi connectivity index (χ1) is 10.2. The number of rotatable bonds is 3. The van der Waals surface area contributed by atoms with E-state index in [-0.39, 0.29) is 5.82 Å². The maximum Gasteiger partial charge on any atom is 0.128 e. The number of nitrogens with zero attached hydrogens (tertiary/aromatic N) is 4. The summed E-state index contributed by atoms with van der Waals surface area (Å²) in [5, 5.41) is 11.5. The zero-order chi connectivity index (χ0) is 14.7. The Balaban J connectivity index is 1.81. The number of aryl methyl sites for hydroxylation is 1. The minimum atomic E-state index is -0.215. The molecule has 0 bridgehead atoms. The van der Waals surface area contributed by atoms with Crippen LogP contribution in [0, 0.1) is 12.7 Å². The van der Waals surface area contributed by atoms with Crippen LogP contribution in [0.25, 0.3) is 5.69 Å². The van der Waals surface area contributed by atoms with E-state index >= 15 is 0 Å². The first kappa shape index (κ1) is 14.2. The fourth-order valence-corrected chi connectivity index (χ4v) is 2.58. The summed E-state index contributed by atoms with van der Waals surface area (Å²) in [5.41, 5.74) is 2.35. The third-order valence-corrected chi connectivity index (χ3v) is 3.84. The van der Waals surface area contributed by atoms with E-state index in [9.17, 15) is 4.39 Å². The Bertz CT molecular complexity index is 602. The maximum absolute atomic E-state index is 13.7.